The van der Waals surface area contributed by atoms with Gasteiger partial charge in [0.15, 0.2) is 0 Å². The summed E-state index contributed by atoms with van der Waals surface area (Å²) in [6, 6.07) is 2.13. The molecular formula is C14H23N3O. The summed E-state index contributed by atoms with van der Waals surface area (Å²) in [6.07, 6.45) is 4.36. The molecule has 1 N–H and O–H groups in total. The molecule has 0 unspecified atom stereocenters. The van der Waals surface area contributed by atoms with Gasteiger partial charge in [-0.2, -0.15) is 5.10 Å². The van der Waals surface area contributed by atoms with Crippen LogP contribution < -0.4 is 5.32 Å². The molecule has 0 atom stereocenters. The standard InChI is InChI=1S/C14H23N3O/c1-4-10(5-2)14(18)15-9-12-8-13(11-6-7-11)17(3)16-12/h8,10-11H,4-7,9H2,1-3H3,(H,15,18). The lowest BCUT2D eigenvalue weighted by atomic mass is 10.0. The van der Waals surface area contributed by atoms with Gasteiger partial charge in [0.05, 0.1) is 12.2 Å². The van der Waals surface area contributed by atoms with E-state index in [1.807, 2.05) is 11.7 Å². The molecule has 1 aliphatic carbocycles. The lowest BCUT2D eigenvalue weighted by Gasteiger charge is -2.11. The number of rotatable bonds is 6. The fourth-order valence-corrected chi connectivity index (χ4v) is 2.37. The fraction of sp³-hybridized carbons (Fsp3) is 0.714. The molecule has 100 valence electrons. The molecule has 1 aromatic rings. The van der Waals surface area contributed by atoms with Crippen LogP contribution in [0, 0.1) is 5.92 Å². The highest BCUT2D eigenvalue weighted by Crippen LogP contribution is 2.39. The number of hydrogen-bond acceptors (Lipinski definition) is 2. The third-order valence-corrected chi connectivity index (χ3v) is 3.76. The lowest BCUT2D eigenvalue weighted by Crippen LogP contribution is -2.29. The predicted octanol–water partition coefficient (Wildman–Crippen LogP) is 2.35. The Morgan fingerprint density at radius 3 is 2.72 bits per heavy atom. The van der Waals surface area contributed by atoms with Crippen LogP contribution >= 0.6 is 0 Å². The topological polar surface area (TPSA) is 46.9 Å². The zero-order valence-electron chi connectivity index (χ0n) is 11.6. The summed E-state index contributed by atoms with van der Waals surface area (Å²) in [4.78, 5) is 11.9. The van der Waals surface area contributed by atoms with E-state index in [0.29, 0.717) is 12.5 Å². The first-order chi connectivity index (χ1) is 8.65. The van der Waals surface area contributed by atoms with Crippen LogP contribution in [0.15, 0.2) is 6.07 Å². The van der Waals surface area contributed by atoms with E-state index in [1.165, 1.54) is 18.5 Å². The first kappa shape index (κ1) is 13.1. The molecule has 0 radical (unpaired) electrons. The summed E-state index contributed by atoms with van der Waals surface area (Å²) in [7, 11) is 1.99. The number of aromatic nitrogens is 2. The van der Waals surface area contributed by atoms with Crippen molar-refractivity contribution < 1.29 is 4.79 Å². The Labute approximate surface area is 109 Å². The molecule has 0 bridgehead atoms. The van der Waals surface area contributed by atoms with Gasteiger partial charge < -0.3 is 5.32 Å². The summed E-state index contributed by atoms with van der Waals surface area (Å²) >= 11 is 0. The van der Waals surface area contributed by atoms with Crippen LogP contribution in [-0.4, -0.2) is 15.7 Å². The van der Waals surface area contributed by atoms with Crippen molar-refractivity contribution in [1.29, 1.82) is 0 Å². The summed E-state index contributed by atoms with van der Waals surface area (Å²) in [5.41, 5.74) is 2.28. The minimum Gasteiger partial charge on any atom is -0.350 e. The van der Waals surface area contributed by atoms with Gasteiger partial charge in [0, 0.05) is 24.6 Å². The average molecular weight is 249 g/mol. The Hall–Kier alpha value is -1.32. The maximum atomic E-state index is 11.9. The molecule has 18 heavy (non-hydrogen) atoms. The third-order valence-electron chi connectivity index (χ3n) is 3.76. The summed E-state index contributed by atoms with van der Waals surface area (Å²) in [5.74, 6) is 0.987. The normalized spacial score (nSPS) is 15.1. The maximum absolute atomic E-state index is 11.9. The van der Waals surface area contributed by atoms with Crippen LogP contribution in [0.2, 0.25) is 0 Å². The van der Waals surface area contributed by atoms with E-state index in [0.717, 1.165) is 18.5 Å². The second-order valence-corrected chi connectivity index (χ2v) is 5.19. The van der Waals surface area contributed by atoms with E-state index in [4.69, 9.17) is 0 Å². The minimum atomic E-state index is 0.136. The minimum absolute atomic E-state index is 0.136. The van der Waals surface area contributed by atoms with Crippen LogP contribution in [0.3, 0.4) is 0 Å². The number of aryl methyl sites for hydroxylation is 1. The van der Waals surface area contributed by atoms with Crippen molar-refractivity contribution in [1.82, 2.24) is 15.1 Å². The fourth-order valence-electron chi connectivity index (χ4n) is 2.37. The summed E-state index contributed by atoms with van der Waals surface area (Å²) in [6.45, 7) is 4.66. The molecule has 0 spiro atoms. The van der Waals surface area contributed by atoms with Crippen molar-refractivity contribution >= 4 is 5.91 Å². The van der Waals surface area contributed by atoms with E-state index < -0.39 is 0 Å². The highest BCUT2D eigenvalue weighted by molar-refractivity contribution is 5.78. The molecule has 0 aliphatic heterocycles. The molecular weight excluding hydrogens is 226 g/mol. The van der Waals surface area contributed by atoms with Crippen molar-refractivity contribution in [2.45, 2.75) is 52.0 Å². The molecule has 1 amide bonds. The van der Waals surface area contributed by atoms with Gasteiger partial charge in [0.1, 0.15) is 0 Å². The van der Waals surface area contributed by atoms with Gasteiger partial charge in [-0.25, -0.2) is 0 Å². The molecule has 1 saturated carbocycles. The molecule has 0 saturated heterocycles. The predicted molar refractivity (Wildman–Crippen MR) is 71.1 cm³/mol. The third kappa shape index (κ3) is 2.92. The van der Waals surface area contributed by atoms with Crippen molar-refractivity contribution in [2.75, 3.05) is 0 Å². The zero-order chi connectivity index (χ0) is 13.1. The van der Waals surface area contributed by atoms with Gasteiger partial charge in [-0.15, -0.1) is 0 Å². The molecule has 2 rings (SSSR count). The molecule has 1 heterocycles. The second kappa shape index (κ2) is 5.55. The smallest absolute Gasteiger partial charge is 0.223 e. The second-order valence-electron chi connectivity index (χ2n) is 5.19. The van der Waals surface area contributed by atoms with E-state index in [-0.39, 0.29) is 11.8 Å². The Morgan fingerprint density at radius 1 is 1.50 bits per heavy atom. The molecule has 1 fully saturated rings. The maximum Gasteiger partial charge on any atom is 0.223 e. The highest BCUT2D eigenvalue weighted by atomic mass is 16.1. The van der Waals surface area contributed by atoms with E-state index >= 15 is 0 Å². The molecule has 0 aromatic carbocycles. The molecule has 1 aromatic heterocycles. The lowest BCUT2D eigenvalue weighted by molar-refractivity contribution is -0.125. The van der Waals surface area contributed by atoms with Gasteiger partial charge in [-0.05, 0) is 31.7 Å². The molecule has 4 heteroatoms. The van der Waals surface area contributed by atoms with Gasteiger partial charge in [0.25, 0.3) is 0 Å². The van der Waals surface area contributed by atoms with Crippen LogP contribution in [0.1, 0.15) is 56.8 Å². The van der Waals surface area contributed by atoms with Crippen LogP contribution in [0.5, 0.6) is 0 Å². The largest absolute Gasteiger partial charge is 0.350 e. The first-order valence-corrected chi connectivity index (χ1v) is 6.96. The van der Waals surface area contributed by atoms with Gasteiger partial charge in [-0.3, -0.25) is 9.48 Å². The van der Waals surface area contributed by atoms with Crippen molar-refractivity contribution in [3.8, 4) is 0 Å². The summed E-state index contributed by atoms with van der Waals surface area (Å²) in [5, 5.41) is 7.44. The van der Waals surface area contributed by atoms with Gasteiger partial charge in [0.2, 0.25) is 5.91 Å². The number of carbonyl (C=O) groups is 1. The average Bonchev–Trinajstić information content (AvgIpc) is 3.12. The van der Waals surface area contributed by atoms with Crippen molar-refractivity contribution in [3.05, 3.63) is 17.5 Å². The van der Waals surface area contributed by atoms with Crippen LogP contribution in [0.25, 0.3) is 0 Å². The SMILES string of the molecule is CCC(CC)C(=O)NCc1cc(C2CC2)n(C)n1. The number of hydrogen-bond donors (Lipinski definition) is 1. The van der Waals surface area contributed by atoms with Crippen molar-refractivity contribution in [2.24, 2.45) is 13.0 Å². The van der Waals surface area contributed by atoms with E-state index in [9.17, 15) is 4.79 Å². The number of nitrogens with one attached hydrogen (secondary N) is 1. The van der Waals surface area contributed by atoms with Crippen LogP contribution in [0.4, 0.5) is 0 Å². The first-order valence-electron chi connectivity index (χ1n) is 6.96. The molecule has 4 nitrogen and oxygen atoms in total. The van der Waals surface area contributed by atoms with E-state index in [1.54, 1.807) is 0 Å². The number of carbonyl (C=O) groups excluding carboxylic acids is 1. The zero-order valence-corrected chi connectivity index (χ0v) is 11.6. The monoisotopic (exact) mass is 249 g/mol. The Balaban J connectivity index is 1.89. The van der Waals surface area contributed by atoms with Crippen LogP contribution in [-0.2, 0) is 18.4 Å². The van der Waals surface area contributed by atoms with E-state index in [2.05, 4.69) is 30.3 Å². The van der Waals surface area contributed by atoms with Gasteiger partial charge >= 0.3 is 0 Å². The van der Waals surface area contributed by atoms with Crippen molar-refractivity contribution in [3.63, 3.8) is 0 Å². The Kier molecular flexibility index (Phi) is 4.04. The Bertz CT molecular complexity index is 417. The number of amides is 1. The quantitative estimate of drug-likeness (QED) is 0.841. The van der Waals surface area contributed by atoms with Gasteiger partial charge in [-0.1, -0.05) is 13.8 Å². The Morgan fingerprint density at radius 2 is 2.17 bits per heavy atom. The highest BCUT2D eigenvalue weighted by Gasteiger charge is 2.27. The summed E-state index contributed by atoms with van der Waals surface area (Å²) < 4.78 is 1.95. The number of nitrogens with zero attached hydrogens (tertiary/aromatic N) is 2. The molecule has 1 aliphatic rings.